The molecule has 1 rings (SSSR count). The van der Waals surface area contributed by atoms with Gasteiger partial charge in [0.05, 0.1) is 0 Å². The average Bonchev–Trinajstić information content (AvgIpc) is 1.88. The van der Waals surface area contributed by atoms with Crippen LogP contribution < -0.4 is 0 Å². The molecule has 0 aliphatic carbocycles. The zero-order valence-corrected chi connectivity index (χ0v) is 6.56. The number of likely N-dealkylation sites (tertiary alicyclic amines) is 1. The first-order valence-electron chi connectivity index (χ1n) is 4.01. The van der Waals surface area contributed by atoms with E-state index in [4.69, 9.17) is 0 Å². The summed E-state index contributed by atoms with van der Waals surface area (Å²) < 4.78 is 0. The monoisotopic (exact) mass is 143 g/mol. The Morgan fingerprint density at radius 1 is 1.50 bits per heavy atom. The molecule has 1 aliphatic heterocycles. The van der Waals surface area contributed by atoms with Gasteiger partial charge in [-0.1, -0.05) is 20.8 Å². The Morgan fingerprint density at radius 2 is 2.20 bits per heavy atom. The molecule has 62 valence electrons. The molecule has 1 atom stereocenters. The smallest absolute Gasteiger partial charge is 0.000651 e. The molecule has 10 heavy (non-hydrogen) atoms. The Kier molecular flexibility index (Phi) is 4.71. The van der Waals surface area contributed by atoms with Gasteiger partial charge in [-0.25, -0.2) is 0 Å². The summed E-state index contributed by atoms with van der Waals surface area (Å²) >= 11 is 0. The zero-order valence-electron chi connectivity index (χ0n) is 6.56. The minimum absolute atomic E-state index is 0. The van der Waals surface area contributed by atoms with Crippen molar-refractivity contribution in [2.45, 2.75) is 33.6 Å². The second-order valence-corrected chi connectivity index (χ2v) is 3.18. The second-order valence-electron chi connectivity index (χ2n) is 3.18. The van der Waals surface area contributed by atoms with E-state index in [9.17, 15) is 0 Å². The fourth-order valence-corrected chi connectivity index (χ4v) is 1.61. The van der Waals surface area contributed by atoms with Crippen molar-refractivity contribution in [2.24, 2.45) is 5.92 Å². The van der Waals surface area contributed by atoms with Gasteiger partial charge < -0.3 is 4.90 Å². The van der Waals surface area contributed by atoms with Crippen LogP contribution in [0.3, 0.4) is 0 Å². The Hall–Kier alpha value is -0.0400. The van der Waals surface area contributed by atoms with E-state index in [1.165, 1.54) is 32.4 Å². The predicted molar refractivity (Wildman–Crippen MR) is 47.2 cm³/mol. The highest BCUT2D eigenvalue weighted by molar-refractivity contribution is 4.68. The highest BCUT2D eigenvalue weighted by atomic mass is 15.1. The molecule has 0 unspecified atom stereocenters. The van der Waals surface area contributed by atoms with E-state index in [1.54, 1.807) is 0 Å². The topological polar surface area (TPSA) is 3.24 Å². The van der Waals surface area contributed by atoms with Gasteiger partial charge in [-0.15, -0.1) is 0 Å². The van der Waals surface area contributed by atoms with E-state index < -0.39 is 0 Å². The van der Waals surface area contributed by atoms with E-state index in [2.05, 4.69) is 18.9 Å². The fraction of sp³-hybridized carbons (Fsp3) is 1.00. The van der Waals surface area contributed by atoms with Gasteiger partial charge in [0.2, 0.25) is 0 Å². The molecule has 0 aromatic rings. The summed E-state index contributed by atoms with van der Waals surface area (Å²) in [6.07, 6.45) is 4.24. The quantitative estimate of drug-likeness (QED) is 0.544. The minimum Gasteiger partial charge on any atom is -0.306 e. The molecule has 0 N–H and O–H groups in total. The van der Waals surface area contributed by atoms with Gasteiger partial charge in [0.1, 0.15) is 0 Å². The van der Waals surface area contributed by atoms with Crippen molar-refractivity contribution in [1.29, 1.82) is 0 Å². The summed E-state index contributed by atoms with van der Waals surface area (Å²) in [5, 5.41) is 0. The minimum atomic E-state index is 0. The van der Waals surface area contributed by atoms with Crippen LogP contribution in [0.1, 0.15) is 33.6 Å². The van der Waals surface area contributed by atoms with Gasteiger partial charge in [-0.2, -0.15) is 0 Å². The predicted octanol–water partition coefficient (Wildman–Crippen LogP) is 2.37. The van der Waals surface area contributed by atoms with E-state index in [-0.39, 0.29) is 7.43 Å². The highest BCUT2D eigenvalue weighted by Gasteiger charge is 2.14. The lowest BCUT2D eigenvalue weighted by Gasteiger charge is -2.28. The molecule has 1 aliphatic rings. The van der Waals surface area contributed by atoms with Gasteiger partial charge in [0, 0.05) is 6.54 Å². The zero-order chi connectivity index (χ0) is 6.69. The molecule has 1 saturated heterocycles. The SMILES string of the molecule is C.CC[C@@H]1CCCN(C)C1. The van der Waals surface area contributed by atoms with Crippen LogP contribution in [0.4, 0.5) is 0 Å². The second kappa shape index (κ2) is 4.73. The summed E-state index contributed by atoms with van der Waals surface area (Å²) in [5.41, 5.74) is 0. The molecule has 0 aromatic heterocycles. The normalized spacial score (nSPS) is 27.6. The van der Waals surface area contributed by atoms with Crippen molar-refractivity contribution in [2.75, 3.05) is 20.1 Å². The number of hydrogen-bond donors (Lipinski definition) is 0. The molecule has 1 heterocycles. The first-order chi connectivity index (χ1) is 4.33. The molecule has 0 aromatic carbocycles. The molecule has 1 heteroatoms. The molecule has 0 bridgehead atoms. The number of nitrogens with zero attached hydrogens (tertiary/aromatic N) is 1. The molecule has 0 spiro atoms. The molecule has 0 amide bonds. The third-order valence-corrected chi connectivity index (χ3v) is 2.30. The Labute approximate surface area is 65.4 Å². The molecule has 0 radical (unpaired) electrons. The lowest BCUT2D eigenvalue weighted by molar-refractivity contribution is 0.206. The number of piperidine rings is 1. The summed E-state index contributed by atoms with van der Waals surface area (Å²) in [6, 6.07) is 0. The van der Waals surface area contributed by atoms with Crippen LogP contribution in [0.15, 0.2) is 0 Å². The van der Waals surface area contributed by atoms with E-state index in [1.807, 2.05) is 0 Å². The van der Waals surface area contributed by atoms with Crippen LogP contribution in [-0.4, -0.2) is 25.0 Å². The van der Waals surface area contributed by atoms with Crippen molar-refractivity contribution >= 4 is 0 Å². The van der Waals surface area contributed by atoms with Crippen molar-refractivity contribution in [3.05, 3.63) is 0 Å². The van der Waals surface area contributed by atoms with Crippen molar-refractivity contribution < 1.29 is 0 Å². The third kappa shape index (κ3) is 2.70. The van der Waals surface area contributed by atoms with Crippen molar-refractivity contribution in [3.8, 4) is 0 Å². The summed E-state index contributed by atoms with van der Waals surface area (Å²) in [7, 11) is 2.22. The summed E-state index contributed by atoms with van der Waals surface area (Å²) in [4.78, 5) is 2.44. The van der Waals surface area contributed by atoms with Gasteiger partial charge in [0.25, 0.3) is 0 Å². The van der Waals surface area contributed by atoms with Crippen molar-refractivity contribution in [1.82, 2.24) is 4.90 Å². The Morgan fingerprint density at radius 3 is 2.60 bits per heavy atom. The van der Waals surface area contributed by atoms with Gasteiger partial charge in [0.15, 0.2) is 0 Å². The van der Waals surface area contributed by atoms with E-state index in [0.717, 1.165) is 5.92 Å². The first-order valence-corrected chi connectivity index (χ1v) is 4.01. The van der Waals surface area contributed by atoms with Crippen LogP contribution in [0, 0.1) is 5.92 Å². The maximum atomic E-state index is 2.44. The standard InChI is InChI=1S/C8H17N.CH4/c1-3-8-5-4-6-9(2)7-8;/h8H,3-7H2,1-2H3;1H4/t8-;/m1./s1. The van der Waals surface area contributed by atoms with E-state index >= 15 is 0 Å². The highest BCUT2D eigenvalue weighted by Crippen LogP contribution is 2.17. The Bertz CT molecular complexity index is 80.8. The van der Waals surface area contributed by atoms with Crippen LogP contribution in [0.5, 0.6) is 0 Å². The molecular weight excluding hydrogens is 122 g/mol. The fourth-order valence-electron chi connectivity index (χ4n) is 1.61. The van der Waals surface area contributed by atoms with Gasteiger partial charge in [-0.3, -0.25) is 0 Å². The van der Waals surface area contributed by atoms with Crippen molar-refractivity contribution in [3.63, 3.8) is 0 Å². The third-order valence-electron chi connectivity index (χ3n) is 2.30. The number of hydrogen-bond acceptors (Lipinski definition) is 1. The van der Waals surface area contributed by atoms with Gasteiger partial charge in [-0.05, 0) is 32.4 Å². The van der Waals surface area contributed by atoms with Crippen LogP contribution in [0.25, 0.3) is 0 Å². The molecule has 1 fully saturated rings. The maximum absolute atomic E-state index is 2.44. The Balaban J connectivity index is 0.000000810. The average molecular weight is 143 g/mol. The lowest BCUT2D eigenvalue weighted by Crippen LogP contribution is -2.31. The van der Waals surface area contributed by atoms with Crippen LogP contribution >= 0.6 is 0 Å². The maximum Gasteiger partial charge on any atom is 0.000651 e. The summed E-state index contributed by atoms with van der Waals surface area (Å²) in [6.45, 7) is 4.94. The first kappa shape index (κ1) is 9.96. The van der Waals surface area contributed by atoms with Crippen LogP contribution in [-0.2, 0) is 0 Å². The molecule has 1 nitrogen and oxygen atoms in total. The van der Waals surface area contributed by atoms with E-state index in [0.29, 0.717) is 0 Å². The summed E-state index contributed by atoms with van der Waals surface area (Å²) in [5.74, 6) is 0.990. The molecule has 0 saturated carbocycles. The largest absolute Gasteiger partial charge is 0.306 e. The molecular formula is C9H21N. The van der Waals surface area contributed by atoms with Gasteiger partial charge >= 0.3 is 0 Å². The van der Waals surface area contributed by atoms with Crippen LogP contribution in [0.2, 0.25) is 0 Å². The lowest BCUT2D eigenvalue weighted by atomic mass is 9.96. The number of rotatable bonds is 1.